The summed E-state index contributed by atoms with van der Waals surface area (Å²) < 4.78 is 0. The number of Topliss-reactive ketones (excluding diaryl/α,β-unsaturated/α-hetero) is 4. The van der Waals surface area contributed by atoms with Crippen molar-refractivity contribution >= 4 is 70.2 Å². The normalized spacial score (nSPS) is 11.4. The second-order valence-corrected chi connectivity index (χ2v) is 10.1. The van der Waals surface area contributed by atoms with Crippen LogP contribution in [0.15, 0.2) is 0 Å². The summed E-state index contributed by atoms with van der Waals surface area (Å²) in [7, 11) is 0. The third kappa shape index (κ3) is 7.31. The van der Waals surface area contributed by atoms with E-state index in [0.717, 1.165) is 0 Å². The molecule has 0 radical (unpaired) electrons. The zero-order chi connectivity index (χ0) is 19.3. The molecule has 0 fully saturated rings. The molecule has 8 heteroatoms. The molecule has 0 bridgehead atoms. The Bertz CT molecular complexity index is 380. The Labute approximate surface area is 168 Å². The highest BCUT2D eigenvalue weighted by atomic mass is 32.2. The van der Waals surface area contributed by atoms with Crippen molar-refractivity contribution < 1.29 is 19.2 Å². The summed E-state index contributed by atoms with van der Waals surface area (Å²) in [6.45, 7) is 7.60. The number of hydrogen-bond donors (Lipinski definition) is 0. The molecule has 0 spiro atoms. The Hall–Kier alpha value is 0.0800. The van der Waals surface area contributed by atoms with Crippen molar-refractivity contribution in [2.24, 2.45) is 5.41 Å². The highest BCUT2D eigenvalue weighted by Crippen LogP contribution is 2.30. The number of carbonyl (C=O) groups is 4. The van der Waals surface area contributed by atoms with Gasteiger partial charge in [-0.1, -0.05) is 27.7 Å². The average Bonchev–Trinajstić information content (AvgIpc) is 2.61. The van der Waals surface area contributed by atoms with Crippen molar-refractivity contribution in [1.82, 2.24) is 0 Å². The first-order chi connectivity index (χ1) is 11.9. The monoisotopic (exact) mass is 424 g/mol. The summed E-state index contributed by atoms with van der Waals surface area (Å²) in [6.07, 6.45) is 0. The SMILES string of the molecule is CCSCC(=O)C(C(=O)CSCC)(C(=O)CSCC)C(=O)CSCC. The van der Waals surface area contributed by atoms with Gasteiger partial charge in [0.05, 0.1) is 23.0 Å². The molecule has 0 amide bonds. The Morgan fingerprint density at radius 2 is 0.720 bits per heavy atom. The minimum atomic E-state index is -2.10. The van der Waals surface area contributed by atoms with Crippen LogP contribution < -0.4 is 0 Å². The summed E-state index contributed by atoms with van der Waals surface area (Å²) in [5.74, 6) is 0.682. The van der Waals surface area contributed by atoms with Crippen LogP contribution in [0, 0.1) is 5.41 Å². The lowest BCUT2D eigenvalue weighted by molar-refractivity contribution is -0.151. The van der Waals surface area contributed by atoms with Crippen molar-refractivity contribution in [1.29, 1.82) is 0 Å². The summed E-state index contributed by atoms with van der Waals surface area (Å²) in [5, 5.41) is 0. The summed E-state index contributed by atoms with van der Waals surface area (Å²) >= 11 is 5.36. The van der Waals surface area contributed by atoms with Crippen molar-refractivity contribution in [2.75, 3.05) is 46.0 Å². The van der Waals surface area contributed by atoms with Crippen LogP contribution in [-0.4, -0.2) is 69.2 Å². The highest BCUT2D eigenvalue weighted by Gasteiger charge is 2.55. The Morgan fingerprint density at radius 1 is 0.520 bits per heavy atom. The van der Waals surface area contributed by atoms with Crippen molar-refractivity contribution in [3.05, 3.63) is 0 Å². The lowest BCUT2D eigenvalue weighted by atomic mass is 9.73. The third-order valence-corrected chi connectivity index (χ3v) is 6.92. The first-order valence-corrected chi connectivity index (χ1v) is 13.0. The zero-order valence-electron chi connectivity index (χ0n) is 15.4. The lowest BCUT2D eigenvalue weighted by Gasteiger charge is -2.28. The molecule has 25 heavy (non-hydrogen) atoms. The van der Waals surface area contributed by atoms with E-state index in [9.17, 15) is 19.2 Å². The van der Waals surface area contributed by atoms with Crippen LogP contribution in [0.5, 0.6) is 0 Å². The van der Waals surface area contributed by atoms with E-state index in [-0.39, 0.29) is 23.0 Å². The Balaban J connectivity index is 5.90. The number of hydrogen-bond acceptors (Lipinski definition) is 8. The molecule has 144 valence electrons. The maximum atomic E-state index is 12.9. The van der Waals surface area contributed by atoms with E-state index in [1.165, 1.54) is 47.0 Å². The second kappa shape index (κ2) is 14.2. The van der Waals surface area contributed by atoms with Gasteiger partial charge in [-0.05, 0) is 23.0 Å². The van der Waals surface area contributed by atoms with Crippen LogP contribution in [-0.2, 0) is 19.2 Å². The van der Waals surface area contributed by atoms with Gasteiger partial charge in [-0.15, -0.1) is 0 Å². The highest BCUT2D eigenvalue weighted by molar-refractivity contribution is 8.00. The predicted molar refractivity (Wildman–Crippen MR) is 114 cm³/mol. The van der Waals surface area contributed by atoms with E-state index >= 15 is 0 Å². The maximum Gasteiger partial charge on any atom is 0.206 e. The van der Waals surface area contributed by atoms with Gasteiger partial charge in [-0.25, -0.2) is 0 Å². The van der Waals surface area contributed by atoms with Crippen molar-refractivity contribution in [3.8, 4) is 0 Å². The number of ketones is 4. The molecular weight excluding hydrogens is 396 g/mol. The molecule has 0 heterocycles. The van der Waals surface area contributed by atoms with E-state index in [0.29, 0.717) is 23.0 Å². The van der Waals surface area contributed by atoms with Crippen molar-refractivity contribution in [2.45, 2.75) is 27.7 Å². The van der Waals surface area contributed by atoms with Crippen LogP contribution in [0.1, 0.15) is 27.7 Å². The fraction of sp³-hybridized carbons (Fsp3) is 0.765. The minimum Gasteiger partial charge on any atom is -0.297 e. The third-order valence-electron chi connectivity index (χ3n) is 3.42. The lowest BCUT2D eigenvalue weighted by Crippen LogP contribution is -2.55. The van der Waals surface area contributed by atoms with Crippen LogP contribution in [0.2, 0.25) is 0 Å². The second-order valence-electron chi connectivity index (χ2n) is 4.99. The number of carbonyl (C=O) groups excluding carboxylic acids is 4. The topological polar surface area (TPSA) is 68.3 Å². The van der Waals surface area contributed by atoms with E-state index in [1.807, 2.05) is 27.7 Å². The molecule has 0 saturated carbocycles. The summed E-state index contributed by atoms with van der Waals surface area (Å²) in [4.78, 5) is 51.7. The molecule has 0 atom stereocenters. The molecule has 0 saturated heterocycles. The Morgan fingerprint density at radius 3 is 0.880 bits per heavy atom. The molecule has 0 aliphatic carbocycles. The molecular formula is C17H28O4S4. The zero-order valence-corrected chi connectivity index (χ0v) is 18.7. The molecule has 0 rings (SSSR count). The minimum absolute atomic E-state index is 0.0180. The molecule has 0 N–H and O–H groups in total. The van der Waals surface area contributed by atoms with E-state index in [1.54, 1.807) is 0 Å². The van der Waals surface area contributed by atoms with Gasteiger partial charge in [-0.2, -0.15) is 47.0 Å². The van der Waals surface area contributed by atoms with E-state index in [4.69, 9.17) is 0 Å². The standard InChI is InChI=1S/C17H28O4S4/c1-5-22-9-13(18)17(14(19)10-23-6-2,15(20)11-24-7-3)16(21)12-25-8-4/h5-12H2,1-4H3. The van der Waals surface area contributed by atoms with Gasteiger partial charge < -0.3 is 0 Å². The fourth-order valence-corrected chi connectivity index (χ4v) is 4.57. The van der Waals surface area contributed by atoms with Crippen LogP contribution in [0.25, 0.3) is 0 Å². The molecule has 0 aromatic heterocycles. The van der Waals surface area contributed by atoms with Gasteiger partial charge in [-0.3, -0.25) is 19.2 Å². The smallest absolute Gasteiger partial charge is 0.206 e. The van der Waals surface area contributed by atoms with Crippen LogP contribution in [0.3, 0.4) is 0 Å². The van der Waals surface area contributed by atoms with Crippen LogP contribution >= 0.6 is 47.0 Å². The van der Waals surface area contributed by atoms with Crippen LogP contribution in [0.4, 0.5) is 0 Å². The number of thioether (sulfide) groups is 4. The first-order valence-electron chi connectivity index (χ1n) is 8.37. The molecule has 0 aliphatic heterocycles. The molecule has 0 aromatic rings. The molecule has 4 nitrogen and oxygen atoms in total. The predicted octanol–water partition coefficient (Wildman–Crippen LogP) is 3.26. The largest absolute Gasteiger partial charge is 0.297 e. The Kier molecular flexibility index (Phi) is 14.2. The van der Waals surface area contributed by atoms with Gasteiger partial charge in [0, 0.05) is 0 Å². The van der Waals surface area contributed by atoms with Crippen molar-refractivity contribution in [3.63, 3.8) is 0 Å². The van der Waals surface area contributed by atoms with Gasteiger partial charge in [0.2, 0.25) is 5.41 Å². The summed E-state index contributed by atoms with van der Waals surface area (Å²) in [6, 6.07) is 0. The van der Waals surface area contributed by atoms with Gasteiger partial charge >= 0.3 is 0 Å². The molecule has 0 aromatic carbocycles. The van der Waals surface area contributed by atoms with Gasteiger partial charge in [0.1, 0.15) is 0 Å². The molecule has 0 aliphatic rings. The number of rotatable bonds is 16. The quantitative estimate of drug-likeness (QED) is 0.350. The first kappa shape index (κ1) is 25.1. The average molecular weight is 425 g/mol. The fourth-order valence-electron chi connectivity index (χ4n) is 2.15. The van der Waals surface area contributed by atoms with Gasteiger partial charge in [0.25, 0.3) is 0 Å². The maximum absolute atomic E-state index is 12.9. The van der Waals surface area contributed by atoms with Gasteiger partial charge in [0.15, 0.2) is 23.1 Å². The molecule has 0 unspecified atom stereocenters. The van der Waals surface area contributed by atoms with E-state index < -0.39 is 28.5 Å². The van der Waals surface area contributed by atoms with E-state index in [2.05, 4.69) is 0 Å². The summed E-state index contributed by atoms with van der Waals surface area (Å²) in [5.41, 5.74) is -2.10.